The average Bonchev–Trinajstić information content (AvgIpc) is 2.74. The zero-order valence-corrected chi connectivity index (χ0v) is 11.6. The summed E-state index contributed by atoms with van der Waals surface area (Å²) in [5, 5.41) is 49.8. The zero-order chi connectivity index (χ0) is 15.0. The number of rotatable bonds is 4. The lowest BCUT2D eigenvalue weighted by Crippen LogP contribution is -2.49. The van der Waals surface area contributed by atoms with Gasteiger partial charge in [-0.2, -0.15) is 0 Å². The lowest BCUT2D eigenvalue weighted by Gasteiger charge is -2.31. The van der Waals surface area contributed by atoms with Gasteiger partial charge < -0.3 is 25.3 Å². The first kappa shape index (κ1) is 15.2. The second kappa shape index (κ2) is 5.69. The Morgan fingerprint density at radius 3 is 2.55 bits per heavy atom. The molecule has 20 heavy (non-hydrogen) atoms. The van der Waals surface area contributed by atoms with Crippen LogP contribution in [-0.2, 0) is 4.84 Å². The molecular formula is C13H21NO6. The fourth-order valence-electron chi connectivity index (χ4n) is 2.76. The molecule has 0 aromatic carbocycles. The van der Waals surface area contributed by atoms with Gasteiger partial charge in [0.05, 0.1) is 18.9 Å². The molecule has 1 aliphatic carbocycles. The molecule has 0 spiro atoms. The maximum Gasteiger partial charge on any atom is 0.230 e. The molecule has 1 heterocycles. The van der Waals surface area contributed by atoms with Crippen molar-refractivity contribution in [3.63, 3.8) is 0 Å². The minimum Gasteiger partial charge on any atom is -0.396 e. The third-order valence-electron chi connectivity index (χ3n) is 4.25. The van der Waals surface area contributed by atoms with Crippen molar-refractivity contribution in [1.82, 2.24) is 0 Å². The van der Waals surface area contributed by atoms with Crippen molar-refractivity contribution < 1.29 is 30.2 Å². The van der Waals surface area contributed by atoms with Crippen molar-refractivity contribution in [2.75, 3.05) is 6.61 Å². The van der Waals surface area contributed by atoms with Gasteiger partial charge in [0.25, 0.3) is 0 Å². The Kier molecular flexibility index (Phi) is 4.33. The summed E-state index contributed by atoms with van der Waals surface area (Å²) in [7, 11) is 0. The van der Waals surface area contributed by atoms with Gasteiger partial charge in [0.1, 0.15) is 24.4 Å². The van der Waals surface area contributed by atoms with Crippen LogP contribution in [0.3, 0.4) is 0 Å². The number of fused-ring (bicyclic) bond motifs is 1. The molecule has 2 aliphatic rings. The monoisotopic (exact) mass is 287 g/mol. The van der Waals surface area contributed by atoms with Crippen molar-refractivity contribution in [2.45, 2.75) is 51.1 Å². The smallest absolute Gasteiger partial charge is 0.230 e. The van der Waals surface area contributed by atoms with Gasteiger partial charge in [-0.3, -0.25) is 5.21 Å². The van der Waals surface area contributed by atoms with Gasteiger partial charge in [-0.1, -0.05) is 11.1 Å². The van der Waals surface area contributed by atoms with Crippen LogP contribution < -0.4 is 0 Å². The summed E-state index contributed by atoms with van der Waals surface area (Å²) in [5.41, 5.74) is 2.77. The van der Waals surface area contributed by atoms with Crippen molar-refractivity contribution in [1.29, 1.82) is 0 Å². The molecule has 1 aliphatic heterocycles. The number of hydrogen-bond donors (Lipinski definition) is 4. The van der Waals surface area contributed by atoms with E-state index in [0.717, 1.165) is 11.1 Å². The van der Waals surface area contributed by atoms with Gasteiger partial charge in [0.2, 0.25) is 5.71 Å². The molecule has 0 aromatic heterocycles. The van der Waals surface area contributed by atoms with Crippen LogP contribution in [0.2, 0.25) is 0 Å². The highest BCUT2D eigenvalue weighted by Gasteiger charge is 2.47. The molecule has 0 fully saturated rings. The van der Waals surface area contributed by atoms with Crippen LogP contribution in [0.5, 0.6) is 0 Å². The molecular weight excluding hydrogens is 266 g/mol. The molecule has 2 rings (SSSR count). The van der Waals surface area contributed by atoms with Gasteiger partial charge in [0, 0.05) is 4.90 Å². The fraction of sp³-hybridized carbons (Fsp3) is 0.769. The number of nitrogens with zero attached hydrogens (tertiary/aromatic N) is 1. The highest BCUT2D eigenvalue weighted by molar-refractivity contribution is 5.87. The van der Waals surface area contributed by atoms with E-state index in [-0.39, 0.29) is 5.92 Å². The van der Waals surface area contributed by atoms with E-state index in [0.29, 0.717) is 23.5 Å². The van der Waals surface area contributed by atoms with Crippen molar-refractivity contribution in [3.8, 4) is 0 Å². The summed E-state index contributed by atoms with van der Waals surface area (Å²) in [6.45, 7) is 3.23. The van der Waals surface area contributed by atoms with E-state index in [1.807, 2.05) is 13.8 Å². The van der Waals surface area contributed by atoms with Crippen LogP contribution >= 0.6 is 0 Å². The highest BCUT2D eigenvalue weighted by atomic mass is 16.9. The normalized spacial score (nSPS) is 30.9. The lowest BCUT2D eigenvalue weighted by molar-refractivity contribution is -0.743. The molecule has 0 bridgehead atoms. The van der Waals surface area contributed by atoms with Crippen molar-refractivity contribution in [2.24, 2.45) is 5.92 Å². The number of hydrogen-bond acceptors (Lipinski definition) is 6. The second-order valence-corrected chi connectivity index (χ2v) is 5.60. The largest absolute Gasteiger partial charge is 0.396 e. The van der Waals surface area contributed by atoms with E-state index >= 15 is 0 Å². The maximum absolute atomic E-state index is 11.8. The number of aliphatic hydroxyl groups is 4. The fourth-order valence-corrected chi connectivity index (χ4v) is 2.76. The van der Waals surface area contributed by atoms with Gasteiger partial charge in [-0.05, 0) is 20.3 Å². The lowest BCUT2D eigenvalue weighted by atomic mass is 9.78. The standard InChI is InChI=1S/C13H21NO6/c1-6-3-8-9(4-7(6)2)14(19)20-13(8)12(18)11(17)10(16)5-15/h8,10-13,15-18H,3-5H2,1-2H3/t8-,10-,11-,12+,13-/m1/s1. The summed E-state index contributed by atoms with van der Waals surface area (Å²) >= 11 is 0. The van der Waals surface area contributed by atoms with Crippen molar-refractivity contribution >= 4 is 5.71 Å². The Labute approximate surface area is 117 Å². The van der Waals surface area contributed by atoms with Gasteiger partial charge in [-0.15, -0.1) is 0 Å². The second-order valence-electron chi connectivity index (χ2n) is 5.60. The van der Waals surface area contributed by atoms with Crippen LogP contribution in [0.4, 0.5) is 0 Å². The first-order chi connectivity index (χ1) is 9.36. The van der Waals surface area contributed by atoms with E-state index in [1.54, 1.807) is 0 Å². The number of aliphatic hydroxyl groups excluding tert-OH is 4. The summed E-state index contributed by atoms with van der Waals surface area (Å²) < 4.78 is 0. The summed E-state index contributed by atoms with van der Waals surface area (Å²) in [5.74, 6) is -0.313. The van der Waals surface area contributed by atoms with Gasteiger partial charge >= 0.3 is 0 Å². The van der Waals surface area contributed by atoms with Gasteiger partial charge in [-0.25, -0.2) is 0 Å². The van der Waals surface area contributed by atoms with E-state index in [9.17, 15) is 20.5 Å². The molecule has 0 radical (unpaired) electrons. The van der Waals surface area contributed by atoms with Crippen LogP contribution in [0.25, 0.3) is 0 Å². The van der Waals surface area contributed by atoms with E-state index in [1.165, 1.54) is 0 Å². The van der Waals surface area contributed by atoms with Crippen LogP contribution in [0, 0.1) is 11.1 Å². The van der Waals surface area contributed by atoms with Crippen LogP contribution in [0.15, 0.2) is 11.1 Å². The Morgan fingerprint density at radius 2 is 1.95 bits per heavy atom. The SMILES string of the molecule is CC1=C(C)C[C@@H]2C(=[N+]([O-])O[C@H]2[C@@H](O)[C@H](O)[C@H](O)CO)C1. The minimum absolute atomic E-state index is 0.313. The zero-order valence-electron chi connectivity index (χ0n) is 11.6. The van der Waals surface area contributed by atoms with Crippen LogP contribution in [0.1, 0.15) is 26.7 Å². The summed E-state index contributed by atoms with van der Waals surface area (Å²) in [4.78, 5) is 5.50. The Bertz CT molecular complexity index is 446. The predicted molar refractivity (Wildman–Crippen MR) is 69.7 cm³/mol. The molecule has 0 aromatic rings. The highest BCUT2D eigenvalue weighted by Crippen LogP contribution is 2.36. The van der Waals surface area contributed by atoms with E-state index < -0.39 is 31.0 Å². The predicted octanol–water partition coefficient (Wildman–Crippen LogP) is -0.927. The summed E-state index contributed by atoms with van der Waals surface area (Å²) in [6, 6.07) is 0. The van der Waals surface area contributed by atoms with Gasteiger partial charge in [0.15, 0.2) is 0 Å². The third-order valence-corrected chi connectivity index (χ3v) is 4.25. The Morgan fingerprint density at radius 1 is 1.30 bits per heavy atom. The molecule has 114 valence electrons. The minimum atomic E-state index is -1.56. The quantitative estimate of drug-likeness (QED) is 0.392. The first-order valence-corrected chi connectivity index (χ1v) is 6.66. The maximum atomic E-state index is 11.8. The Hall–Kier alpha value is -1.15. The topological polar surface area (TPSA) is 116 Å². The van der Waals surface area contributed by atoms with Crippen LogP contribution in [-0.4, -0.2) is 62.1 Å². The average molecular weight is 287 g/mol. The molecule has 5 atom stereocenters. The van der Waals surface area contributed by atoms with E-state index in [4.69, 9.17) is 9.94 Å². The van der Waals surface area contributed by atoms with Crippen molar-refractivity contribution in [3.05, 3.63) is 16.4 Å². The first-order valence-electron chi connectivity index (χ1n) is 6.66. The molecule has 4 N–H and O–H groups in total. The number of allylic oxidation sites excluding steroid dienone is 2. The summed E-state index contributed by atoms with van der Waals surface area (Å²) in [6.07, 6.45) is -4.33. The Balaban J connectivity index is 2.17. The molecule has 7 nitrogen and oxygen atoms in total. The molecule has 0 unspecified atom stereocenters. The molecule has 0 amide bonds. The molecule has 0 saturated carbocycles. The van der Waals surface area contributed by atoms with E-state index in [2.05, 4.69) is 0 Å². The third kappa shape index (κ3) is 2.54. The molecule has 0 saturated heterocycles. The molecule has 7 heteroatoms.